The summed E-state index contributed by atoms with van der Waals surface area (Å²) in [6, 6.07) is 22.2. The van der Waals surface area contributed by atoms with Crippen LogP contribution in [0.2, 0.25) is 0 Å². The van der Waals surface area contributed by atoms with Crippen LogP contribution in [0, 0.1) is 12.7 Å². The number of para-hydroxylation sites is 1. The number of halogens is 1. The number of hydrogen-bond acceptors (Lipinski definition) is 4. The van der Waals surface area contributed by atoms with E-state index < -0.39 is 21.9 Å². The average molecular weight is 568 g/mol. The molecule has 0 fully saturated rings. The number of anilines is 1. The summed E-state index contributed by atoms with van der Waals surface area (Å²) in [5, 5.41) is 2.95. The molecule has 0 aliphatic carbocycles. The minimum absolute atomic E-state index is 0.0152. The molecule has 1 atom stereocenters. The highest BCUT2D eigenvalue weighted by Crippen LogP contribution is 2.23. The van der Waals surface area contributed by atoms with E-state index in [1.807, 2.05) is 68.4 Å². The van der Waals surface area contributed by atoms with Crippen LogP contribution in [0.5, 0.6) is 0 Å². The van der Waals surface area contributed by atoms with E-state index in [2.05, 4.69) is 5.32 Å². The van der Waals surface area contributed by atoms with E-state index in [0.29, 0.717) is 13.0 Å². The van der Waals surface area contributed by atoms with Gasteiger partial charge in [-0.1, -0.05) is 79.2 Å². The number of amides is 2. The number of nitrogens with one attached hydrogen (secondary N) is 1. The number of aryl methyl sites for hydroxylation is 1. The van der Waals surface area contributed by atoms with Gasteiger partial charge in [0.1, 0.15) is 11.9 Å². The Kier molecular flexibility index (Phi) is 11.3. The van der Waals surface area contributed by atoms with Crippen LogP contribution in [0.1, 0.15) is 42.9 Å². The highest BCUT2D eigenvalue weighted by molar-refractivity contribution is 7.92. The fraction of sp³-hybridized carbons (Fsp3) is 0.355. The smallest absolute Gasteiger partial charge is 0.243 e. The first-order valence-electron chi connectivity index (χ1n) is 13.5. The van der Waals surface area contributed by atoms with Crippen molar-refractivity contribution >= 4 is 27.5 Å². The van der Waals surface area contributed by atoms with Crippen LogP contribution in [0.3, 0.4) is 0 Å². The summed E-state index contributed by atoms with van der Waals surface area (Å²) in [4.78, 5) is 28.8. The third-order valence-electron chi connectivity index (χ3n) is 6.53. The van der Waals surface area contributed by atoms with Crippen LogP contribution >= 0.6 is 0 Å². The van der Waals surface area contributed by atoms with E-state index in [1.165, 1.54) is 18.2 Å². The maximum Gasteiger partial charge on any atom is 0.243 e. The summed E-state index contributed by atoms with van der Waals surface area (Å²) in [6.07, 6.45) is 2.24. The Bertz CT molecular complexity index is 1380. The number of sulfonamides is 1. The first-order valence-corrected chi connectivity index (χ1v) is 15.3. The van der Waals surface area contributed by atoms with Crippen molar-refractivity contribution in [2.45, 2.75) is 52.1 Å². The van der Waals surface area contributed by atoms with Gasteiger partial charge in [0.2, 0.25) is 21.8 Å². The summed E-state index contributed by atoms with van der Waals surface area (Å²) in [5.74, 6) is -1.18. The zero-order valence-electron chi connectivity index (χ0n) is 23.3. The Morgan fingerprint density at radius 3 is 2.27 bits per heavy atom. The van der Waals surface area contributed by atoms with Gasteiger partial charge < -0.3 is 10.2 Å². The topological polar surface area (TPSA) is 86.8 Å². The van der Waals surface area contributed by atoms with Gasteiger partial charge in [-0.2, -0.15) is 0 Å². The highest BCUT2D eigenvalue weighted by atomic mass is 32.2. The van der Waals surface area contributed by atoms with E-state index in [1.54, 1.807) is 11.0 Å². The van der Waals surface area contributed by atoms with E-state index in [9.17, 15) is 22.4 Å². The molecule has 1 N–H and O–H groups in total. The normalized spacial score (nSPS) is 12.0. The van der Waals surface area contributed by atoms with Gasteiger partial charge in [0.15, 0.2) is 0 Å². The average Bonchev–Trinajstić information content (AvgIpc) is 2.92. The largest absolute Gasteiger partial charge is 0.354 e. The number of nitrogens with zero attached hydrogens (tertiary/aromatic N) is 2. The first-order chi connectivity index (χ1) is 19.1. The van der Waals surface area contributed by atoms with Gasteiger partial charge in [0.05, 0.1) is 11.9 Å². The molecule has 3 rings (SSSR count). The lowest BCUT2D eigenvalue weighted by Crippen LogP contribution is -2.50. The molecule has 3 aromatic rings. The Morgan fingerprint density at radius 1 is 0.950 bits per heavy atom. The quantitative estimate of drug-likeness (QED) is 0.302. The molecule has 0 bridgehead atoms. The maximum absolute atomic E-state index is 14.4. The fourth-order valence-electron chi connectivity index (χ4n) is 4.56. The number of carbonyl (C=O) groups excluding carboxylic acids is 2. The zero-order valence-corrected chi connectivity index (χ0v) is 24.2. The number of benzene rings is 3. The number of rotatable bonds is 14. The van der Waals surface area contributed by atoms with Crippen molar-refractivity contribution in [3.05, 3.63) is 101 Å². The lowest BCUT2D eigenvalue weighted by atomic mass is 10.0. The second-order valence-electron chi connectivity index (χ2n) is 9.90. The summed E-state index contributed by atoms with van der Waals surface area (Å²) < 4.78 is 40.4. The predicted octanol–water partition coefficient (Wildman–Crippen LogP) is 4.85. The van der Waals surface area contributed by atoms with Crippen molar-refractivity contribution in [1.82, 2.24) is 10.2 Å². The molecule has 0 spiro atoms. The summed E-state index contributed by atoms with van der Waals surface area (Å²) >= 11 is 0. The SMILES string of the molecule is CCCNC(=O)[C@H](Cc1ccccc1)N(Cc1cccc(C)c1)C(=O)CCCN(c1ccccc1F)S(C)(=O)=O. The predicted molar refractivity (Wildman–Crippen MR) is 157 cm³/mol. The summed E-state index contributed by atoms with van der Waals surface area (Å²) in [5.41, 5.74) is 2.78. The molecule has 214 valence electrons. The minimum Gasteiger partial charge on any atom is -0.354 e. The van der Waals surface area contributed by atoms with E-state index >= 15 is 0 Å². The fourth-order valence-corrected chi connectivity index (χ4v) is 5.53. The van der Waals surface area contributed by atoms with Crippen LogP contribution in [0.4, 0.5) is 10.1 Å². The molecule has 0 aliphatic rings. The van der Waals surface area contributed by atoms with Gasteiger partial charge in [-0.25, -0.2) is 12.8 Å². The van der Waals surface area contributed by atoms with Gasteiger partial charge in [0.25, 0.3) is 0 Å². The molecule has 3 aromatic carbocycles. The molecule has 0 unspecified atom stereocenters. The van der Waals surface area contributed by atoms with Crippen molar-refractivity contribution < 1.29 is 22.4 Å². The first kappa shape index (κ1) is 30.8. The Hall–Kier alpha value is -3.72. The van der Waals surface area contributed by atoms with Crippen LogP contribution in [-0.2, 0) is 32.6 Å². The second-order valence-corrected chi connectivity index (χ2v) is 11.8. The van der Waals surface area contributed by atoms with Gasteiger partial charge in [-0.3, -0.25) is 13.9 Å². The molecule has 0 aromatic heterocycles. The minimum atomic E-state index is -3.79. The molecule has 0 heterocycles. The highest BCUT2D eigenvalue weighted by Gasteiger charge is 2.30. The van der Waals surface area contributed by atoms with Crippen molar-refractivity contribution in [2.24, 2.45) is 0 Å². The van der Waals surface area contributed by atoms with Crippen molar-refractivity contribution in [3.8, 4) is 0 Å². The maximum atomic E-state index is 14.4. The molecule has 0 radical (unpaired) electrons. The van der Waals surface area contributed by atoms with E-state index in [0.717, 1.165) is 33.7 Å². The number of carbonyl (C=O) groups is 2. The standard InChI is InChI=1S/C31H38FN3O4S/c1-4-19-33-31(37)29(22-25-13-6-5-7-14-25)34(23-26-15-10-12-24(2)21-26)30(36)18-11-20-35(40(3,38)39)28-17-9-8-16-27(28)32/h5-10,12-17,21,29H,4,11,18-20,22-23H2,1-3H3,(H,33,37)/t29-/m0/s1. The van der Waals surface area contributed by atoms with E-state index in [4.69, 9.17) is 0 Å². The molecule has 40 heavy (non-hydrogen) atoms. The molecular formula is C31H38FN3O4S. The van der Waals surface area contributed by atoms with Crippen LogP contribution in [0.15, 0.2) is 78.9 Å². The summed E-state index contributed by atoms with van der Waals surface area (Å²) in [7, 11) is -3.79. The molecule has 7 nitrogen and oxygen atoms in total. The Balaban J connectivity index is 1.88. The molecule has 9 heteroatoms. The number of hydrogen-bond donors (Lipinski definition) is 1. The van der Waals surface area contributed by atoms with Crippen molar-refractivity contribution in [3.63, 3.8) is 0 Å². The molecule has 0 aliphatic heterocycles. The van der Waals surface area contributed by atoms with Crippen LogP contribution in [0.25, 0.3) is 0 Å². The molecule has 0 saturated carbocycles. The summed E-state index contributed by atoms with van der Waals surface area (Å²) in [6.45, 7) is 4.57. The third kappa shape index (κ3) is 8.91. The van der Waals surface area contributed by atoms with Gasteiger partial charge in [-0.15, -0.1) is 0 Å². The van der Waals surface area contributed by atoms with Crippen LogP contribution < -0.4 is 9.62 Å². The Labute approximate surface area is 237 Å². The van der Waals surface area contributed by atoms with Crippen LogP contribution in [-0.4, -0.2) is 50.5 Å². The Morgan fingerprint density at radius 2 is 1.62 bits per heavy atom. The lowest BCUT2D eigenvalue weighted by Gasteiger charge is -2.32. The van der Waals surface area contributed by atoms with E-state index in [-0.39, 0.29) is 43.4 Å². The van der Waals surface area contributed by atoms with Crippen molar-refractivity contribution in [1.29, 1.82) is 0 Å². The third-order valence-corrected chi connectivity index (χ3v) is 7.71. The molecule has 2 amide bonds. The van der Waals surface area contributed by atoms with Gasteiger partial charge in [-0.05, 0) is 43.0 Å². The van der Waals surface area contributed by atoms with Gasteiger partial charge >= 0.3 is 0 Å². The zero-order chi connectivity index (χ0) is 29.1. The lowest BCUT2D eigenvalue weighted by molar-refractivity contribution is -0.141. The van der Waals surface area contributed by atoms with Gasteiger partial charge in [0, 0.05) is 32.5 Å². The molecular weight excluding hydrogens is 529 g/mol. The molecule has 0 saturated heterocycles. The monoisotopic (exact) mass is 567 g/mol. The second kappa shape index (κ2) is 14.6. The van der Waals surface area contributed by atoms with Crippen molar-refractivity contribution in [2.75, 3.05) is 23.7 Å².